The number of nitrogens with zero attached hydrogens (tertiary/aromatic N) is 1. The number of sulfonamides is 1. The molecule has 9 nitrogen and oxygen atoms in total. The molecule has 0 unspecified atom stereocenters. The molecule has 1 N–H and O–H groups in total. The number of benzene rings is 3. The zero-order valence-corrected chi connectivity index (χ0v) is 20.2. The van der Waals surface area contributed by atoms with Gasteiger partial charge in [0, 0.05) is 0 Å². The molecule has 1 amide bonds. The fourth-order valence-corrected chi connectivity index (χ4v) is 4.87. The first kappa shape index (κ1) is 25.4. The minimum atomic E-state index is -4.11. The highest BCUT2D eigenvalue weighted by atomic mass is 32.2. The number of ether oxygens (including phenoxy) is 2. The molecule has 0 aliphatic rings. The van der Waals surface area contributed by atoms with Crippen molar-refractivity contribution in [2.24, 2.45) is 0 Å². The maximum atomic E-state index is 13.5. The van der Waals surface area contributed by atoms with E-state index in [2.05, 4.69) is 5.32 Å². The number of amides is 1. The Morgan fingerprint density at radius 3 is 2.11 bits per heavy atom. The Labute approximate surface area is 203 Å². The first-order valence-corrected chi connectivity index (χ1v) is 11.9. The van der Waals surface area contributed by atoms with Crippen LogP contribution < -0.4 is 9.62 Å². The number of aryl methyl sites for hydroxylation is 1. The van der Waals surface area contributed by atoms with Gasteiger partial charge in [0.15, 0.2) is 0 Å². The van der Waals surface area contributed by atoms with Crippen molar-refractivity contribution in [2.75, 3.05) is 30.4 Å². The molecule has 0 radical (unpaired) electrons. The molecule has 0 fully saturated rings. The summed E-state index contributed by atoms with van der Waals surface area (Å²) in [7, 11) is -1.74. The molecule has 10 heteroatoms. The second-order valence-corrected chi connectivity index (χ2v) is 9.27. The standard InChI is InChI=1S/C25H24N2O7S/c1-17-9-7-8-12-22(17)27(35(31,32)19-10-5-4-6-11-19)16-23(28)26-21-15-18(24(29)33-2)13-14-20(21)25(30)34-3/h4-15H,16H2,1-3H3,(H,26,28). The van der Waals surface area contributed by atoms with E-state index in [1.807, 2.05) is 0 Å². The number of para-hydroxylation sites is 1. The number of nitrogens with one attached hydrogen (secondary N) is 1. The average Bonchev–Trinajstić information content (AvgIpc) is 2.87. The van der Waals surface area contributed by atoms with E-state index in [9.17, 15) is 22.8 Å². The van der Waals surface area contributed by atoms with Crippen molar-refractivity contribution in [2.45, 2.75) is 11.8 Å². The van der Waals surface area contributed by atoms with E-state index in [4.69, 9.17) is 9.47 Å². The largest absolute Gasteiger partial charge is 0.465 e. The number of carbonyl (C=O) groups excluding carboxylic acids is 3. The highest BCUT2D eigenvalue weighted by Crippen LogP contribution is 2.27. The maximum absolute atomic E-state index is 13.5. The molecule has 0 atom stereocenters. The van der Waals surface area contributed by atoms with Crippen molar-refractivity contribution in [1.82, 2.24) is 0 Å². The number of anilines is 2. The number of rotatable bonds is 8. The van der Waals surface area contributed by atoms with Crippen LogP contribution in [0.15, 0.2) is 77.7 Å². The van der Waals surface area contributed by atoms with Crippen molar-refractivity contribution >= 4 is 39.2 Å². The third kappa shape index (κ3) is 5.67. The summed E-state index contributed by atoms with van der Waals surface area (Å²) in [4.78, 5) is 37.3. The van der Waals surface area contributed by atoms with Gasteiger partial charge in [-0.15, -0.1) is 0 Å². The third-order valence-electron chi connectivity index (χ3n) is 5.12. The number of hydrogen-bond acceptors (Lipinski definition) is 7. The number of esters is 2. The van der Waals surface area contributed by atoms with Gasteiger partial charge in [-0.1, -0.05) is 36.4 Å². The smallest absolute Gasteiger partial charge is 0.339 e. The number of carbonyl (C=O) groups is 3. The van der Waals surface area contributed by atoms with Crippen LogP contribution in [0.4, 0.5) is 11.4 Å². The molecule has 3 rings (SSSR count). The topological polar surface area (TPSA) is 119 Å². The van der Waals surface area contributed by atoms with E-state index in [1.165, 1.54) is 44.6 Å². The molecule has 182 valence electrons. The predicted octanol–water partition coefficient (Wildman–Crippen LogP) is 3.40. The van der Waals surface area contributed by atoms with Gasteiger partial charge in [0.2, 0.25) is 5.91 Å². The quantitative estimate of drug-likeness (QED) is 0.475. The lowest BCUT2D eigenvalue weighted by molar-refractivity contribution is -0.114. The van der Waals surface area contributed by atoms with Crippen molar-refractivity contribution in [3.63, 3.8) is 0 Å². The highest BCUT2D eigenvalue weighted by molar-refractivity contribution is 7.92. The summed E-state index contributed by atoms with van der Waals surface area (Å²) in [5, 5.41) is 2.53. The van der Waals surface area contributed by atoms with E-state index in [-0.39, 0.29) is 21.7 Å². The van der Waals surface area contributed by atoms with E-state index in [0.29, 0.717) is 11.3 Å². The van der Waals surface area contributed by atoms with E-state index in [1.54, 1.807) is 49.4 Å². The number of methoxy groups -OCH3 is 2. The molecule has 0 aliphatic heterocycles. The summed E-state index contributed by atoms with van der Waals surface area (Å²) in [6, 6.07) is 18.4. The first-order valence-electron chi connectivity index (χ1n) is 10.4. The van der Waals surface area contributed by atoms with Gasteiger partial charge >= 0.3 is 11.9 Å². The van der Waals surface area contributed by atoms with Crippen molar-refractivity contribution in [3.8, 4) is 0 Å². The highest BCUT2D eigenvalue weighted by Gasteiger charge is 2.28. The Morgan fingerprint density at radius 1 is 0.857 bits per heavy atom. The summed E-state index contributed by atoms with van der Waals surface area (Å²) in [6.07, 6.45) is 0. The molecule has 0 spiro atoms. The lowest BCUT2D eigenvalue weighted by Crippen LogP contribution is -2.38. The SMILES string of the molecule is COC(=O)c1ccc(C(=O)OC)c(NC(=O)CN(c2ccccc2C)S(=O)(=O)c2ccccc2)c1. The Morgan fingerprint density at radius 2 is 1.49 bits per heavy atom. The monoisotopic (exact) mass is 496 g/mol. The van der Waals surface area contributed by atoms with Crippen LogP contribution in [-0.2, 0) is 24.3 Å². The van der Waals surface area contributed by atoms with Gasteiger partial charge in [-0.25, -0.2) is 18.0 Å². The fraction of sp³-hybridized carbons (Fsp3) is 0.160. The van der Waals surface area contributed by atoms with Gasteiger partial charge in [0.1, 0.15) is 6.54 Å². The molecule has 0 bridgehead atoms. The van der Waals surface area contributed by atoms with Crippen LogP contribution in [0.25, 0.3) is 0 Å². The molecular formula is C25H24N2O7S. The van der Waals surface area contributed by atoms with E-state index >= 15 is 0 Å². The molecule has 3 aromatic carbocycles. The first-order chi connectivity index (χ1) is 16.7. The minimum absolute atomic E-state index is 0.0122. The van der Waals surface area contributed by atoms with E-state index < -0.39 is 34.4 Å². The van der Waals surface area contributed by atoms with Crippen LogP contribution in [0.2, 0.25) is 0 Å². The predicted molar refractivity (Wildman–Crippen MR) is 130 cm³/mol. The molecule has 3 aromatic rings. The van der Waals surface area contributed by atoms with Gasteiger partial charge in [-0.2, -0.15) is 0 Å². The van der Waals surface area contributed by atoms with Crippen LogP contribution in [0.5, 0.6) is 0 Å². The second kappa shape index (κ2) is 10.8. The van der Waals surface area contributed by atoms with Gasteiger partial charge in [0.25, 0.3) is 10.0 Å². The van der Waals surface area contributed by atoms with Gasteiger partial charge in [-0.3, -0.25) is 9.10 Å². The van der Waals surface area contributed by atoms with Crippen molar-refractivity contribution in [3.05, 3.63) is 89.5 Å². The van der Waals surface area contributed by atoms with Crippen LogP contribution in [0.3, 0.4) is 0 Å². The van der Waals surface area contributed by atoms with Crippen LogP contribution in [-0.4, -0.2) is 47.0 Å². The van der Waals surface area contributed by atoms with Gasteiger partial charge < -0.3 is 14.8 Å². The second-order valence-electron chi connectivity index (χ2n) is 7.40. The Balaban J connectivity index is 2.01. The third-order valence-corrected chi connectivity index (χ3v) is 6.90. The van der Waals surface area contributed by atoms with Crippen LogP contribution in [0.1, 0.15) is 26.3 Å². The molecule has 0 heterocycles. The zero-order chi connectivity index (χ0) is 25.6. The molecular weight excluding hydrogens is 472 g/mol. The molecule has 0 aliphatic carbocycles. The Kier molecular flexibility index (Phi) is 7.87. The van der Waals surface area contributed by atoms with Gasteiger partial charge in [0.05, 0.1) is 41.6 Å². The normalized spacial score (nSPS) is 10.8. The summed E-state index contributed by atoms with van der Waals surface area (Å²) < 4.78 is 37.4. The van der Waals surface area contributed by atoms with E-state index in [0.717, 1.165) is 4.31 Å². The Hall–Kier alpha value is -4.18. The zero-order valence-electron chi connectivity index (χ0n) is 19.3. The Bertz CT molecular complexity index is 1360. The minimum Gasteiger partial charge on any atom is -0.465 e. The lowest BCUT2D eigenvalue weighted by atomic mass is 10.1. The van der Waals surface area contributed by atoms with Crippen LogP contribution in [0, 0.1) is 6.92 Å². The van der Waals surface area contributed by atoms with Crippen molar-refractivity contribution < 1.29 is 32.3 Å². The molecule has 0 saturated heterocycles. The maximum Gasteiger partial charge on any atom is 0.339 e. The lowest BCUT2D eigenvalue weighted by Gasteiger charge is -2.25. The average molecular weight is 497 g/mol. The molecule has 35 heavy (non-hydrogen) atoms. The fourth-order valence-electron chi connectivity index (χ4n) is 3.36. The van der Waals surface area contributed by atoms with Crippen molar-refractivity contribution in [1.29, 1.82) is 0 Å². The summed E-state index contributed by atoms with van der Waals surface area (Å²) >= 11 is 0. The number of hydrogen-bond donors (Lipinski definition) is 1. The van der Waals surface area contributed by atoms with Crippen LogP contribution >= 0.6 is 0 Å². The molecule has 0 saturated carbocycles. The summed E-state index contributed by atoms with van der Waals surface area (Å²) in [5.74, 6) is -2.16. The van der Waals surface area contributed by atoms with Gasteiger partial charge in [-0.05, 0) is 48.9 Å². The molecule has 0 aromatic heterocycles. The summed E-state index contributed by atoms with van der Waals surface area (Å²) in [6.45, 7) is 1.14. The summed E-state index contributed by atoms with van der Waals surface area (Å²) in [5.41, 5.74) is 1.02.